The number of aryl methyl sites for hydroxylation is 4. The SMILES string of the molecule is Cc1ccc(-c2cccc(-c3ccc(C)cc3)c2C(=O)N=[N+]=[N-])cc1.Cc1ccc(-c2cccc3c2c(=O)[nH]c2cc(C)ccc23)cc1.[N-]=N. The molecule has 0 saturated heterocycles. The number of H-pyrrole nitrogens is 1. The molecular formula is C42H35N6O2-. The maximum Gasteiger partial charge on any atom is 0.256 e. The van der Waals surface area contributed by atoms with Crippen LogP contribution in [0, 0.1) is 33.2 Å². The molecule has 0 saturated carbocycles. The number of aromatic amines is 1. The minimum atomic E-state index is -0.575. The van der Waals surface area contributed by atoms with E-state index in [9.17, 15) is 9.59 Å². The predicted octanol–water partition coefficient (Wildman–Crippen LogP) is 11.6. The van der Waals surface area contributed by atoms with Crippen LogP contribution in [0.3, 0.4) is 0 Å². The van der Waals surface area contributed by atoms with Crippen LogP contribution in [0.15, 0.2) is 137 Å². The van der Waals surface area contributed by atoms with E-state index in [1.165, 1.54) is 5.56 Å². The number of benzene rings is 6. The van der Waals surface area contributed by atoms with Crippen LogP contribution < -0.4 is 5.56 Å². The lowest BCUT2D eigenvalue weighted by atomic mass is 9.91. The van der Waals surface area contributed by atoms with Crippen molar-refractivity contribution < 1.29 is 4.79 Å². The first kappa shape index (κ1) is 34.7. The van der Waals surface area contributed by atoms with E-state index >= 15 is 0 Å². The Morgan fingerprint density at radius 1 is 0.600 bits per heavy atom. The summed E-state index contributed by atoms with van der Waals surface area (Å²) in [6.45, 7) is 8.12. The largest absolute Gasteiger partial charge is 0.715 e. The Morgan fingerprint density at radius 2 is 1.04 bits per heavy atom. The van der Waals surface area contributed by atoms with Crippen molar-refractivity contribution in [2.24, 2.45) is 5.11 Å². The predicted molar refractivity (Wildman–Crippen MR) is 203 cm³/mol. The van der Waals surface area contributed by atoms with Crippen molar-refractivity contribution in [2.45, 2.75) is 27.7 Å². The van der Waals surface area contributed by atoms with Crippen molar-refractivity contribution in [1.82, 2.24) is 4.98 Å². The maximum atomic E-state index is 12.7. The first-order valence-electron chi connectivity index (χ1n) is 15.9. The van der Waals surface area contributed by atoms with E-state index in [-0.39, 0.29) is 5.56 Å². The van der Waals surface area contributed by atoms with Crippen molar-refractivity contribution in [3.8, 4) is 33.4 Å². The molecule has 0 unspecified atom stereocenters. The van der Waals surface area contributed by atoms with Gasteiger partial charge >= 0.3 is 0 Å². The van der Waals surface area contributed by atoms with Gasteiger partial charge in [0.15, 0.2) is 0 Å². The molecule has 0 spiro atoms. The second-order valence-corrected chi connectivity index (χ2v) is 12.1. The minimum Gasteiger partial charge on any atom is -0.715 e. The van der Waals surface area contributed by atoms with Gasteiger partial charge in [-0.2, -0.15) is 0 Å². The van der Waals surface area contributed by atoms with E-state index in [0.717, 1.165) is 71.7 Å². The second kappa shape index (κ2) is 15.5. The van der Waals surface area contributed by atoms with Gasteiger partial charge in [-0.1, -0.05) is 138 Å². The molecular weight excluding hydrogens is 621 g/mol. The van der Waals surface area contributed by atoms with Crippen LogP contribution in [-0.4, -0.2) is 10.9 Å². The molecule has 0 bridgehead atoms. The Balaban J connectivity index is 0.000000186. The van der Waals surface area contributed by atoms with Crippen LogP contribution >= 0.6 is 0 Å². The highest BCUT2D eigenvalue weighted by atomic mass is 16.1. The van der Waals surface area contributed by atoms with Crippen molar-refractivity contribution in [2.75, 3.05) is 0 Å². The van der Waals surface area contributed by atoms with Gasteiger partial charge in [0.2, 0.25) is 5.91 Å². The molecule has 7 rings (SSSR count). The smallest absolute Gasteiger partial charge is 0.256 e. The molecule has 0 aliphatic heterocycles. The standard InChI is InChI=1S/C21H17N3O.C21H17NO.HN2/c1-14-6-10-16(11-7-14)18-4-3-5-19(20(18)21(25)23-24-22)17-12-8-15(2)9-13-17;1-13-6-9-15(10-7-13)16-4-3-5-18-17-11-8-14(2)12-19(17)22-21(23)20(16)18;1-2/h3-13H,1-2H3;3-12H,1-2H3,(H,22,23);1H/q;;-1. The van der Waals surface area contributed by atoms with Gasteiger partial charge in [-0.3, -0.25) is 9.59 Å². The highest BCUT2D eigenvalue weighted by Crippen LogP contribution is 2.34. The summed E-state index contributed by atoms with van der Waals surface area (Å²) in [6.07, 6.45) is 0. The van der Waals surface area contributed by atoms with Crippen LogP contribution in [0.2, 0.25) is 0 Å². The minimum absolute atomic E-state index is 0.0331. The highest BCUT2D eigenvalue weighted by molar-refractivity contribution is 6.10. The zero-order valence-corrected chi connectivity index (χ0v) is 28.2. The normalized spacial score (nSPS) is 10.3. The van der Waals surface area contributed by atoms with Gasteiger partial charge < -0.3 is 16.0 Å². The van der Waals surface area contributed by atoms with Gasteiger partial charge in [-0.05, 0) is 88.7 Å². The fraction of sp³-hybridized carbons (Fsp3) is 0.0952. The number of rotatable bonds is 4. The number of fused-ring (bicyclic) bond motifs is 3. The highest BCUT2D eigenvalue weighted by Gasteiger charge is 2.18. The average molecular weight is 656 g/mol. The number of azide groups is 1. The Morgan fingerprint density at radius 3 is 1.54 bits per heavy atom. The van der Waals surface area contributed by atoms with Gasteiger partial charge in [-0.15, -0.1) is 0 Å². The third-order valence-corrected chi connectivity index (χ3v) is 8.51. The molecule has 1 heterocycles. The number of amides is 1. The number of hydrogen-bond acceptors (Lipinski definition) is 3. The lowest BCUT2D eigenvalue weighted by Gasteiger charge is -2.13. The molecule has 7 aromatic rings. The summed E-state index contributed by atoms with van der Waals surface area (Å²) in [5.74, 6) is -0.575. The molecule has 0 aliphatic rings. The van der Waals surface area contributed by atoms with Gasteiger partial charge in [0.1, 0.15) is 0 Å². The Labute approximate surface area is 290 Å². The Hall–Kier alpha value is -6.63. The molecule has 8 nitrogen and oxygen atoms in total. The van der Waals surface area contributed by atoms with E-state index in [4.69, 9.17) is 16.6 Å². The molecule has 1 aromatic heterocycles. The van der Waals surface area contributed by atoms with Gasteiger partial charge in [-0.25, -0.2) is 0 Å². The van der Waals surface area contributed by atoms with Crippen LogP contribution in [0.25, 0.3) is 71.0 Å². The lowest BCUT2D eigenvalue weighted by molar-refractivity contribution is 0.100. The van der Waals surface area contributed by atoms with Gasteiger partial charge in [0, 0.05) is 21.4 Å². The fourth-order valence-corrected chi connectivity index (χ4v) is 6.00. The first-order valence-corrected chi connectivity index (χ1v) is 15.9. The summed E-state index contributed by atoms with van der Waals surface area (Å²) in [4.78, 5) is 31.0. The molecule has 1 amide bonds. The molecule has 246 valence electrons. The molecule has 0 aliphatic carbocycles. The molecule has 0 atom stereocenters. The summed E-state index contributed by atoms with van der Waals surface area (Å²) >= 11 is 0. The number of carbonyl (C=O) groups excluding carboxylic acids is 1. The fourth-order valence-electron chi connectivity index (χ4n) is 6.00. The van der Waals surface area contributed by atoms with E-state index in [2.05, 4.69) is 58.3 Å². The van der Waals surface area contributed by atoms with E-state index in [0.29, 0.717) is 5.56 Å². The summed E-state index contributed by atoms with van der Waals surface area (Å²) in [6, 6.07) is 42.1. The summed E-state index contributed by atoms with van der Waals surface area (Å²) in [5.41, 5.74) is 31.0. The Bertz CT molecular complexity index is 2360. The summed E-state index contributed by atoms with van der Waals surface area (Å²) in [5, 5.41) is 6.19. The summed E-state index contributed by atoms with van der Waals surface area (Å²) in [7, 11) is 0. The number of pyridine rings is 1. The average Bonchev–Trinajstić information content (AvgIpc) is 3.13. The van der Waals surface area contributed by atoms with Gasteiger partial charge in [0.05, 0.1) is 5.39 Å². The van der Waals surface area contributed by atoms with Crippen molar-refractivity contribution >= 4 is 27.6 Å². The molecule has 2 N–H and O–H groups in total. The zero-order valence-electron chi connectivity index (χ0n) is 28.2. The Kier molecular flexibility index (Phi) is 10.8. The molecule has 0 radical (unpaired) electrons. The van der Waals surface area contributed by atoms with Crippen LogP contribution in [0.5, 0.6) is 0 Å². The number of nitrogens with one attached hydrogen (secondary N) is 2. The number of carbonyl (C=O) groups is 1. The zero-order chi connectivity index (χ0) is 35.8. The maximum absolute atomic E-state index is 12.7. The monoisotopic (exact) mass is 655 g/mol. The van der Waals surface area contributed by atoms with Crippen molar-refractivity contribution in [3.63, 3.8) is 0 Å². The van der Waals surface area contributed by atoms with Crippen molar-refractivity contribution in [3.05, 3.63) is 182 Å². The number of aromatic nitrogens is 1. The van der Waals surface area contributed by atoms with E-state index < -0.39 is 5.91 Å². The summed E-state index contributed by atoms with van der Waals surface area (Å²) < 4.78 is 0. The first-order chi connectivity index (χ1) is 24.2. The molecule has 50 heavy (non-hydrogen) atoms. The third kappa shape index (κ3) is 7.41. The molecule has 0 fully saturated rings. The number of nitrogens with zero attached hydrogens (tertiary/aromatic N) is 4. The second-order valence-electron chi connectivity index (χ2n) is 12.1. The van der Waals surface area contributed by atoms with Crippen LogP contribution in [0.4, 0.5) is 0 Å². The molecule has 6 aromatic carbocycles. The van der Waals surface area contributed by atoms with Crippen LogP contribution in [-0.2, 0) is 0 Å². The van der Waals surface area contributed by atoms with Gasteiger partial charge in [0.25, 0.3) is 5.56 Å². The lowest BCUT2D eigenvalue weighted by Crippen LogP contribution is -2.07. The van der Waals surface area contributed by atoms with Crippen LogP contribution in [0.1, 0.15) is 32.6 Å². The van der Waals surface area contributed by atoms with E-state index in [1.807, 2.05) is 112 Å². The van der Waals surface area contributed by atoms with E-state index in [1.54, 1.807) is 0 Å². The van der Waals surface area contributed by atoms with Crippen molar-refractivity contribution in [1.29, 1.82) is 5.53 Å². The molecule has 8 heteroatoms. The topological polar surface area (TPSA) is 145 Å². The quantitative estimate of drug-likeness (QED) is 0.0841. The number of hydrogen-bond donors (Lipinski definition) is 2. The third-order valence-electron chi connectivity index (χ3n) is 8.51.